The van der Waals surface area contributed by atoms with E-state index >= 15 is 0 Å². The fourth-order valence-corrected chi connectivity index (χ4v) is 3.68. The van der Waals surface area contributed by atoms with Crippen molar-refractivity contribution in [3.8, 4) is 0 Å². The molecule has 0 radical (unpaired) electrons. The van der Waals surface area contributed by atoms with Gasteiger partial charge in [-0.1, -0.05) is 0 Å². The lowest BCUT2D eigenvalue weighted by molar-refractivity contribution is 0.0456. The van der Waals surface area contributed by atoms with Crippen molar-refractivity contribution in [3.63, 3.8) is 0 Å². The van der Waals surface area contributed by atoms with Crippen molar-refractivity contribution in [3.05, 3.63) is 0 Å². The Morgan fingerprint density at radius 3 is 2.37 bits per heavy atom. The SMILES string of the molecule is CC(C)(C)OC(=O)NCC1(CO)CCS(=N)(=O)CC1. The summed E-state index contributed by atoms with van der Waals surface area (Å²) in [4.78, 5) is 11.6. The first kappa shape index (κ1) is 16.2. The van der Waals surface area contributed by atoms with Gasteiger partial charge in [-0.2, -0.15) is 0 Å². The Balaban J connectivity index is 2.52. The molecule has 1 fully saturated rings. The lowest BCUT2D eigenvalue weighted by Gasteiger charge is -2.36. The van der Waals surface area contributed by atoms with E-state index in [0.29, 0.717) is 12.8 Å². The number of carbonyl (C=O) groups is 1. The van der Waals surface area contributed by atoms with Crippen LogP contribution in [0.15, 0.2) is 0 Å². The Morgan fingerprint density at radius 2 is 1.95 bits per heavy atom. The van der Waals surface area contributed by atoms with Crippen LogP contribution >= 0.6 is 0 Å². The van der Waals surface area contributed by atoms with E-state index in [2.05, 4.69) is 5.32 Å². The van der Waals surface area contributed by atoms with Gasteiger partial charge in [0.05, 0.1) is 6.61 Å². The third-order valence-corrected chi connectivity index (χ3v) is 4.99. The first-order valence-corrected chi connectivity index (χ1v) is 8.29. The highest BCUT2D eigenvalue weighted by molar-refractivity contribution is 7.92. The zero-order valence-corrected chi connectivity index (χ0v) is 12.6. The summed E-state index contributed by atoms with van der Waals surface area (Å²) in [6.45, 7) is 5.55. The fraction of sp³-hybridized carbons (Fsp3) is 0.917. The van der Waals surface area contributed by atoms with E-state index in [0.717, 1.165) is 0 Å². The van der Waals surface area contributed by atoms with Crippen LogP contribution in [0.25, 0.3) is 0 Å². The molecule has 7 heteroatoms. The van der Waals surface area contributed by atoms with E-state index < -0.39 is 26.8 Å². The van der Waals surface area contributed by atoms with Gasteiger partial charge in [-0.25, -0.2) is 9.00 Å². The molecular weight excluding hydrogens is 268 g/mol. The van der Waals surface area contributed by atoms with Gasteiger partial charge < -0.3 is 15.2 Å². The molecule has 3 N–H and O–H groups in total. The Labute approximate surface area is 114 Å². The number of aliphatic hydroxyl groups is 1. The topological polar surface area (TPSA) is 99.5 Å². The van der Waals surface area contributed by atoms with E-state index in [-0.39, 0.29) is 24.7 Å². The molecule has 0 saturated carbocycles. The van der Waals surface area contributed by atoms with E-state index in [4.69, 9.17) is 9.52 Å². The standard InChI is InChI=1S/C12H24N2O4S/c1-11(2,3)18-10(16)14-8-12(9-15)4-6-19(13,17)7-5-12/h13,15H,4-9H2,1-3H3,(H,14,16). The van der Waals surface area contributed by atoms with Gasteiger partial charge >= 0.3 is 6.09 Å². The molecule has 1 aliphatic rings. The number of hydrogen-bond acceptors (Lipinski definition) is 5. The monoisotopic (exact) mass is 292 g/mol. The number of alkyl carbamates (subject to hydrolysis) is 1. The van der Waals surface area contributed by atoms with Gasteiger partial charge in [-0.15, -0.1) is 0 Å². The minimum Gasteiger partial charge on any atom is -0.444 e. The molecule has 0 spiro atoms. The second-order valence-electron chi connectivity index (χ2n) is 6.23. The molecule has 19 heavy (non-hydrogen) atoms. The maximum absolute atomic E-state index is 11.6. The summed E-state index contributed by atoms with van der Waals surface area (Å²) in [5.41, 5.74) is -1.03. The lowest BCUT2D eigenvalue weighted by atomic mass is 9.83. The average Bonchev–Trinajstić information content (AvgIpc) is 2.26. The van der Waals surface area contributed by atoms with Crippen LogP contribution in [-0.4, -0.2) is 45.7 Å². The molecule has 0 unspecified atom stereocenters. The zero-order valence-electron chi connectivity index (χ0n) is 11.8. The smallest absolute Gasteiger partial charge is 0.407 e. The Hall–Kier alpha value is -0.820. The highest BCUT2D eigenvalue weighted by Crippen LogP contribution is 2.31. The molecule has 0 aromatic rings. The molecule has 0 aromatic carbocycles. The first-order valence-electron chi connectivity index (χ1n) is 6.39. The van der Waals surface area contributed by atoms with Gasteiger partial charge in [0, 0.05) is 33.2 Å². The van der Waals surface area contributed by atoms with Gasteiger partial charge in [-0.05, 0) is 33.6 Å². The van der Waals surface area contributed by atoms with Gasteiger partial charge in [0.15, 0.2) is 0 Å². The highest BCUT2D eigenvalue weighted by Gasteiger charge is 2.36. The molecule has 1 rings (SSSR count). The number of amides is 1. The van der Waals surface area contributed by atoms with Crippen molar-refractivity contribution >= 4 is 15.8 Å². The van der Waals surface area contributed by atoms with Crippen LogP contribution in [-0.2, 0) is 14.5 Å². The second-order valence-corrected chi connectivity index (χ2v) is 8.67. The third-order valence-electron chi connectivity index (χ3n) is 3.27. The van der Waals surface area contributed by atoms with Crippen LogP contribution in [0.5, 0.6) is 0 Å². The third kappa shape index (κ3) is 5.36. The Kier molecular flexibility index (Phi) is 4.84. The summed E-state index contributed by atoms with van der Waals surface area (Å²) in [7, 11) is -2.49. The minimum atomic E-state index is -2.49. The predicted molar refractivity (Wildman–Crippen MR) is 73.6 cm³/mol. The maximum Gasteiger partial charge on any atom is 0.407 e. The van der Waals surface area contributed by atoms with Crippen LogP contribution in [0.2, 0.25) is 0 Å². The number of ether oxygens (including phenoxy) is 1. The number of nitrogens with one attached hydrogen (secondary N) is 2. The number of aliphatic hydroxyl groups excluding tert-OH is 1. The van der Waals surface area contributed by atoms with Crippen molar-refractivity contribution < 1.29 is 18.8 Å². The summed E-state index contributed by atoms with van der Waals surface area (Å²) in [6.07, 6.45) is 0.459. The van der Waals surface area contributed by atoms with Crippen LogP contribution < -0.4 is 5.32 Å². The molecule has 0 atom stereocenters. The van der Waals surface area contributed by atoms with Crippen molar-refractivity contribution in [2.75, 3.05) is 24.7 Å². The minimum absolute atomic E-state index is 0.0850. The lowest BCUT2D eigenvalue weighted by Crippen LogP contribution is -2.46. The summed E-state index contributed by atoms with van der Waals surface area (Å²) in [5.74, 6) is 0.563. The van der Waals surface area contributed by atoms with Gasteiger partial charge in [0.2, 0.25) is 0 Å². The molecule has 112 valence electrons. The molecule has 6 nitrogen and oxygen atoms in total. The summed E-state index contributed by atoms with van der Waals surface area (Å²) in [5, 5.41) is 12.2. The second kappa shape index (κ2) is 5.66. The van der Waals surface area contributed by atoms with Crippen LogP contribution in [0.1, 0.15) is 33.6 Å². The number of hydrogen-bond donors (Lipinski definition) is 3. The molecule has 1 saturated heterocycles. The van der Waals surface area contributed by atoms with Gasteiger partial charge in [0.25, 0.3) is 0 Å². The largest absolute Gasteiger partial charge is 0.444 e. The highest BCUT2D eigenvalue weighted by atomic mass is 32.2. The van der Waals surface area contributed by atoms with Crippen LogP contribution in [0, 0.1) is 10.2 Å². The summed E-state index contributed by atoms with van der Waals surface area (Å²) in [6, 6.07) is 0. The van der Waals surface area contributed by atoms with Gasteiger partial charge in [-0.3, -0.25) is 4.78 Å². The molecule has 0 bridgehead atoms. The number of carbonyl (C=O) groups excluding carboxylic acids is 1. The Morgan fingerprint density at radius 1 is 1.42 bits per heavy atom. The van der Waals surface area contributed by atoms with Crippen molar-refractivity contribution in [2.45, 2.75) is 39.2 Å². The summed E-state index contributed by atoms with van der Waals surface area (Å²) < 4.78 is 24.3. The van der Waals surface area contributed by atoms with Crippen molar-refractivity contribution in [1.82, 2.24) is 5.32 Å². The van der Waals surface area contributed by atoms with E-state index in [9.17, 15) is 14.1 Å². The van der Waals surface area contributed by atoms with E-state index in [1.165, 1.54) is 0 Å². The quantitative estimate of drug-likeness (QED) is 0.730. The fourth-order valence-electron chi connectivity index (χ4n) is 1.95. The zero-order chi connectivity index (χ0) is 14.7. The predicted octanol–water partition coefficient (Wildman–Crippen LogP) is 1.33. The molecule has 1 amide bonds. The normalized spacial score (nSPS) is 31.8. The van der Waals surface area contributed by atoms with Crippen LogP contribution in [0.3, 0.4) is 0 Å². The van der Waals surface area contributed by atoms with Gasteiger partial charge in [0.1, 0.15) is 5.60 Å². The number of rotatable bonds is 3. The van der Waals surface area contributed by atoms with Crippen molar-refractivity contribution in [2.24, 2.45) is 5.41 Å². The van der Waals surface area contributed by atoms with Crippen LogP contribution in [0.4, 0.5) is 4.79 Å². The molecule has 1 aliphatic heterocycles. The summed E-state index contributed by atoms with van der Waals surface area (Å²) >= 11 is 0. The molecule has 0 aliphatic carbocycles. The average molecular weight is 292 g/mol. The molecule has 1 heterocycles. The Bertz CT molecular complexity index is 412. The molecular formula is C12H24N2O4S. The van der Waals surface area contributed by atoms with E-state index in [1.54, 1.807) is 20.8 Å². The first-order chi connectivity index (χ1) is 8.58. The molecule has 0 aromatic heterocycles. The maximum atomic E-state index is 11.6. The van der Waals surface area contributed by atoms with E-state index in [1.807, 2.05) is 0 Å². The van der Waals surface area contributed by atoms with Crippen molar-refractivity contribution in [1.29, 1.82) is 4.78 Å².